The van der Waals surface area contributed by atoms with E-state index in [1.807, 2.05) is 42.5 Å². The van der Waals surface area contributed by atoms with Crippen molar-refractivity contribution in [3.05, 3.63) is 104 Å². The first-order chi connectivity index (χ1) is 15.6. The van der Waals surface area contributed by atoms with Crippen molar-refractivity contribution in [2.45, 2.75) is 13.1 Å². The lowest BCUT2D eigenvalue weighted by atomic mass is 10.1. The molecule has 0 saturated heterocycles. The van der Waals surface area contributed by atoms with Gasteiger partial charge in [-0.2, -0.15) is 0 Å². The van der Waals surface area contributed by atoms with Crippen LogP contribution in [0.1, 0.15) is 21.5 Å². The fraction of sp³-hybridized carbons (Fsp3) is 0.125. The smallest absolute Gasteiger partial charge is 0.329 e. The van der Waals surface area contributed by atoms with Gasteiger partial charge < -0.3 is 19.8 Å². The number of carbonyl (C=O) groups excluding carboxylic acids is 1. The average Bonchev–Trinajstić information content (AvgIpc) is 3.29. The van der Waals surface area contributed by atoms with E-state index in [0.717, 1.165) is 15.7 Å². The van der Waals surface area contributed by atoms with E-state index in [4.69, 9.17) is 9.47 Å². The molecule has 0 radical (unpaired) electrons. The second-order valence-electron chi connectivity index (χ2n) is 7.44. The molecule has 5 rings (SSSR count). The topological polar surface area (TPSA) is 102 Å². The lowest BCUT2D eigenvalue weighted by Crippen LogP contribution is -2.35. The number of aromatic nitrogens is 2. The van der Waals surface area contributed by atoms with Crippen LogP contribution in [-0.4, -0.2) is 22.3 Å². The monoisotopic (exact) mass is 429 g/mol. The Bertz CT molecular complexity index is 1440. The highest BCUT2D eigenvalue weighted by Gasteiger charge is 2.15. The van der Waals surface area contributed by atoms with Crippen molar-refractivity contribution >= 4 is 16.8 Å². The molecule has 1 amide bonds. The van der Waals surface area contributed by atoms with Crippen LogP contribution in [0, 0.1) is 0 Å². The highest BCUT2D eigenvalue weighted by atomic mass is 16.7. The Labute approximate surface area is 182 Å². The third-order valence-corrected chi connectivity index (χ3v) is 5.32. The maximum absolute atomic E-state index is 13.0. The lowest BCUT2D eigenvalue weighted by Gasteiger charge is -2.09. The molecular weight excluding hydrogens is 410 g/mol. The molecule has 1 aromatic heterocycles. The molecular formula is C24H19N3O5. The van der Waals surface area contributed by atoms with E-state index in [1.165, 1.54) is 6.07 Å². The second kappa shape index (κ2) is 8.07. The molecule has 0 atom stereocenters. The van der Waals surface area contributed by atoms with E-state index in [-0.39, 0.29) is 31.2 Å². The first-order valence-corrected chi connectivity index (χ1v) is 10.1. The number of benzene rings is 3. The fourth-order valence-electron chi connectivity index (χ4n) is 3.64. The summed E-state index contributed by atoms with van der Waals surface area (Å²) in [5.41, 5.74) is 1.46. The normalized spacial score (nSPS) is 12.1. The number of carbonyl (C=O) groups is 1. The summed E-state index contributed by atoms with van der Waals surface area (Å²) in [7, 11) is 0. The third kappa shape index (κ3) is 3.74. The summed E-state index contributed by atoms with van der Waals surface area (Å²) < 4.78 is 11.8. The van der Waals surface area contributed by atoms with Crippen molar-refractivity contribution < 1.29 is 14.3 Å². The van der Waals surface area contributed by atoms with Crippen LogP contribution in [0.3, 0.4) is 0 Å². The number of aromatic amines is 1. The minimum atomic E-state index is -0.494. The molecule has 0 unspecified atom stereocenters. The summed E-state index contributed by atoms with van der Waals surface area (Å²) in [6.07, 6.45) is 0. The molecule has 160 valence electrons. The molecule has 8 nitrogen and oxygen atoms in total. The largest absolute Gasteiger partial charge is 0.454 e. The number of amides is 1. The van der Waals surface area contributed by atoms with Crippen LogP contribution in [-0.2, 0) is 13.1 Å². The number of hydrogen-bond acceptors (Lipinski definition) is 5. The van der Waals surface area contributed by atoms with Gasteiger partial charge in [0.15, 0.2) is 11.5 Å². The number of ether oxygens (including phenoxy) is 2. The van der Waals surface area contributed by atoms with Crippen molar-refractivity contribution in [3.63, 3.8) is 0 Å². The molecule has 1 aliphatic heterocycles. The zero-order valence-corrected chi connectivity index (χ0v) is 17.0. The number of rotatable bonds is 5. The molecule has 0 saturated carbocycles. The fourth-order valence-corrected chi connectivity index (χ4v) is 3.64. The maximum Gasteiger partial charge on any atom is 0.329 e. The number of fused-ring (bicyclic) bond motifs is 2. The lowest BCUT2D eigenvalue weighted by molar-refractivity contribution is 0.0951. The van der Waals surface area contributed by atoms with E-state index in [0.29, 0.717) is 22.6 Å². The van der Waals surface area contributed by atoms with Crippen LogP contribution in [0.4, 0.5) is 0 Å². The van der Waals surface area contributed by atoms with Gasteiger partial charge in [-0.25, -0.2) is 4.79 Å². The predicted molar refractivity (Wildman–Crippen MR) is 118 cm³/mol. The number of nitrogens with zero attached hydrogens (tertiary/aromatic N) is 1. The van der Waals surface area contributed by atoms with Crippen molar-refractivity contribution in [2.24, 2.45) is 0 Å². The molecule has 3 aromatic carbocycles. The Balaban J connectivity index is 1.40. The molecule has 0 aliphatic carbocycles. The summed E-state index contributed by atoms with van der Waals surface area (Å²) in [4.78, 5) is 40.8. The van der Waals surface area contributed by atoms with Gasteiger partial charge in [-0.05, 0) is 41.5 Å². The van der Waals surface area contributed by atoms with Gasteiger partial charge in [0, 0.05) is 12.1 Å². The van der Waals surface area contributed by atoms with E-state index in [1.54, 1.807) is 18.2 Å². The van der Waals surface area contributed by atoms with E-state index >= 15 is 0 Å². The molecule has 32 heavy (non-hydrogen) atoms. The second-order valence-corrected chi connectivity index (χ2v) is 7.44. The molecule has 0 bridgehead atoms. The summed E-state index contributed by atoms with van der Waals surface area (Å²) >= 11 is 0. The first-order valence-electron chi connectivity index (χ1n) is 10.1. The first kappa shape index (κ1) is 19.6. The van der Waals surface area contributed by atoms with Gasteiger partial charge in [0.2, 0.25) is 6.79 Å². The SMILES string of the molecule is O=C(NCc1ccc2c(c1)OCO2)c1ccc2[nH]c(=O)n(Cc3ccccc3)c(=O)c2c1. The van der Waals surface area contributed by atoms with Crippen LogP contribution in [0.2, 0.25) is 0 Å². The zero-order valence-electron chi connectivity index (χ0n) is 17.0. The van der Waals surface area contributed by atoms with Gasteiger partial charge in [-0.3, -0.25) is 14.2 Å². The predicted octanol–water partition coefficient (Wildman–Crippen LogP) is 2.40. The quantitative estimate of drug-likeness (QED) is 0.507. The number of nitrogens with one attached hydrogen (secondary N) is 2. The molecule has 0 fully saturated rings. The summed E-state index contributed by atoms with van der Waals surface area (Å²) in [5.74, 6) is 0.991. The summed E-state index contributed by atoms with van der Waals surface area (Å²) in [6.45, 7) is 0.620. The zero-order chi connectivity index (χ0) is 22.1. The van der Waals surface area contributed by atoms with Gasteiger partial charge in [-0.1, -0.05) is 36.4 Å². The van der Waals surface area contributed by atoms with Crippen LogP contribution < -0.4 is 26.0 Å². The molecule has 0 spiro atoms. The van der Waals surface area contributed by atoms with Crippen LogP contribution in [0.25, 0.3) is 10.9 Å². The highest BCUT2D eigenvalue weighted by Crippen LogP contribution is 2.32. The van der Waals surface area contributed by atoms with Crippen molar-refractivity contribution in [1.29, 1.82) is 0 Å². The van der Waals surface area contributed by atoms with Crippen LogP contribution in [0.15, 0.2) is 76.3 Å². The molecule has 1 aliphatic rings. The Morgan fingerprint density at radius 1 is 0.938 bits per heavy atom. The average molecular weight is 429 g/mol. The Morgan fingerprint density at radius 2 is 1.75 bits per heavy atom. The highest BCUT2D eigenvalue weighted by molar-refractivity contribution is 5.97. The van der Waals surface area contributed by atoms with Gasteiger partial charge in [0.05, 0.1) is 17.4 Å². The van der Waals surface area contributed by atoms with Crippen LogP contribution >= 0.6 is 0 Å². The Morgan fingerprint density at radius 3 is 2.59 bits per heavy atom. The summed E-state index contributed by atoms with van der Waals surface area (Å²) in [5, 5.41) is 3.11. The van der Waals surface area contributed by atoms with E-state index in [2.05, 4.69) is 10.3 Å². The minimum absolute atomic E-state index is 0.144. The van der Waals surface area contributed by atoms with E-state index in [9.17, 15) is 14.4 Å². The molecule has 8 heteroatoms. The molecule has 4 aromatic rings. The number of H-pyrrole nitrogens is 1. The third-order valence-electron chi connectivity index (χ3n) is 5.32. The van der Waals surface area contributed by atoms with Gasteiger partial charge in [0.25, 0.3) is 11.5 Å². The van der Waals surface area contributed by atoms with Crippen LogP contribution in [0.5, 0.6) is 11.5 Å². The van der Waals surface area contributed by atoms with Crippen molar-refractivity contribution in [2.75, 3.05) is 6.79 Å². The number of hydrogen-bond donors (Lipinski definition) is 2. The Kier molecular flexibility index (Phi) is 4.95. The van der Waals surface area contributed by atoms with Gasteiger partial charge in [-0.15, -0.1) is 0 Å². The molecule has 2 N–H and O–H groups in total. The maximum atomic E-state index is 13.0. The summed E-state index contributed by atoms with van der Waals surface area (Å²) in [6, 6.07) is 19.4. The van der Waals surface area contributed by atoms with E-state index < -0.39 is 11.2 Å². The molecule has 2 heterocycles. The van der Waals surface area contributed by atoms with Crippen molar-refractivity contribution in [1.82, 2.24) is 14.9 Å². The minimum Gasteiger partial charge on any atom is -0.454 e. The van der Waals surface area contributed by atoms with Gasteiger partial charge >= 0.3 is 5.69 Å². The standard InChI is InChI=1S/C24H19N3O5/c28-22(25-12-16-6-9-20-21(10-16)32-14-31-20)17-7-8-19-18(11-17)23(29)27(24(30)26-19)13-15-4-2-1-3-5-15/h1-11H,12-14H2,(H,25,28)(H,26,30). The Hall–Kier alpha value is -4.33. The van der Waals surface area contributed by atoms with Crippen molar-refractivity contribution in [3.8, 4) is 11.5 Å². The van der Waals surface area contributed by atoms with Gasteiger partial charge in [0.1, 0.15) is 0 Å².